The van der Waals surface area contributed by atoms with Gasteiger partial charge in [-0.05, 0) is 95.3 Å². The van der Waals surface area contributed by atoms with Crippen LogP contribution in [0.1, 0.15) is 102 Å². The van der Waals surface area contributed by atoms with E-state index in [1.807, 2.05) is 30.4 Å². The number of allylic oxidation sites excluding steroid dienone is 12. The third kappa shape index (κ3) is 24.6. The molecule has 0 radical (unpaired) electrons. The van der Waals surface area contributed by atoms with Gasteiger partial charge in [0, 0.05) is 44.2 Å². The minimum Gasteiger partial charge on any atom is -0.456 e. The molecule has 10 nitrogen and oxygen atoms in total. The van der Waals surface area contributed by atoms with Gasteiger partial charge in [0.2, 0.25) is 11.8 Å². The molecule has 1 atom stereocenters. The zero-order valence-corrected chi connectivity index (χ0v) is 33.0. The van der Waals surface area contributed by atoms with Crippen molar-refractivity contribution in [2.75, 3.05) is 39.4 Å². The number of hydrogen-bond acceptors (Lipinski definition) is 8. The smallest absolute Gasteiger partial charge is 0.329 e. The minimum absolute atomic E-state index is 0.0370. The van der Waals surface area contributed by atoms with Crippen molar-refractivity contribution in [3.63, 3.8) is 0 Å². The molecule has 0 saturated carbocycles. The summed E-state index contributed by atoms with van der Waals surface area (Å²) >= 11 is 0. The van der Waals surface area contributed by atoms with Crippen LogP contribution in [0.5, 0.6) is 0 Å². The number of pyridine rings is 1. The molecule has 55 heavy (non-hydrogen) atoms. The van der Waals surface area contributed by atoms with Crippen LogP contribution in [-0.4, -0.2) is 89.4 Å². The van der Waals surface area contributed by atoms with E-state index in [2.05, 4.69) is 88.2 Å². The molecule has 1 unspecified atom stereocenters. The van der Waals surface area contributed by atoms with Crippen molar-refractivity contribution in [2.45, 2.75) is 109 Å². The molecule has 1 aliphatic rings. The Morgan fingerprint density at radius 2 is 1.42 bits per heavy atom. The second-order valence-corrected chi connectivity index (χ2v) is 13.5. The van der Waals surface area contributed by atoms with E-state index in [-0.39, 0.29) is 24.7 Å². The van der Waals surface area contributed by atoms with Crippen LogP contribution in [0.15, 0.2) is 97.3 Å². The standard InChI is InChI=1S/C45H66N4O6/c1-2-3-4-5-6-7-8-9-10-11-12-13-14-15-16-17-18-19-20-27-43(52)46-32-24-26-42(45(54)55-41(37-50)38-51)48-44(53)28-23-25-39-29-30-40(47-36-39)31-35-49-33-21-22-34-49/h3-4,6-7,9-10,12-13,15-16,18-19,23,25,29-30,36,41-42,50-51H,2,5,8,11,14,17,20-22,24,26-28,31-35,37-38H2,1H3,(H,46,52)(H,48,53). The third-order valence-corrected chi connectivity index (χ3v) is 8.78. The molecule has 1 aromatic rings. The molecule has 0 aromatic carbocycles. The lowest BCUT2D eigenvalue weighted by atomic mass is 10.1. The minimum atomic E-state index is -1.08. The Labute approximate surface area is 329 Å². The summed E-state index contributed by atoms with van der Waals surface area (Å²) in [4.78, 5) is 44.9. The maximum Gasteiger partial charge on any atom is 0.329 e. The first-order valence-electron chi connectivity index (χ1n) is 20.2. The Morgan fingerprint density at radius 3 is 1.98 bits per heavy atom. The number of nitrogens with one attached hydrogen (secondary N) is 2. The number of likely N-dealkylation sites (tertiary alicyclic amines) is 1. The lowest BCUT2D eigenvalue weighted by Gasteiger charge is -2.20. The number of aliphatic hydroxyl groups is 2. The van der Waals surface area contributed by atoms with Gasteiger partial charge in [-0.25, -0.2) is 4.79 Å². The molecule has 0 spiro atoms. The fourth-order valence-electron chi connectivity index (χ4n) is 5.62. The van der Waals surface area contributed by atoms with Crippen molar-refractivity contribution < 1.29 is 29.3 Å². The third-order valence-electron chi connectivity index (χ3n) is 8.78. The number of nitrogens with zero attached hydrogens (tertiary/aromatic N) is 2. The van der Waals surface area contributed by atoms with E-state index in [1.165, 1.54) is 12.8 Å². The van der Waals surface area contributed by atoms with E-state index >= 15 is 0 Å². The van der Waals surface area contributed by atoms with Gasteiger partial charge in [-0.1, -0.05) is 98.1 Å². The summed E-state index contributed by atoms with van der Waals surface area (Å²) < 4.78 is 5.18. The van der Waals surface area contributed by atoms with E-state index in [9.17, 15) is 24.6 Å². The molecule has 2 amide bonds. The zero-order valence-electron chi connectivity index (χ0n) is 33.0. The van der Waals surface area contributed by atoms with Gasteiger partial charge in [0.05, 0.1) is 13.2 Å². The monoisotopic (exact) mass is 758 g/mol. The van der Waals surface area contributed by atoms with E-state index in [0.29, 0.717) is 25.8 Å². The molecule has 1 aromatic heterocycles. The van der Waals surface area contributed by atoms with Crippen molar-refractivity contribution in [1.82, 2.24) is 20.5 Å². The normalized spacial score (nSPS) is 14.7. The lowest BCUT2D eigenvalue weighted by Crippen LogP contribution is -2.44. The van der Waals surface area contributed by atoms with E-state index in [4.69, 9.17) is 4.74 Å². The number of ether oxygens (including phenoxy) is 1. The van der Waals surface area contributed by atoms with Gasteiger partial charge >= 0.3 is 5.97 Å². The second-order valence-electron chi connectivity index (χ2n) is 13.5. The van der Waals surface area contributed by atoms with Gasteiger partial charge in [-0.15, -0.1) is 0 Å². The summed E-state index contributed by atoms with van der Waals surface area (Å²) in [6, 6.07) is 2.99. The average Bonchev–Trinajstić information content (AvgIpc) is 3.72. The van der Waals surface area contributed by atoms with Crippen molar-refractivity contribution in [3.05, 3.63) is 109 Å². The van der Waals surface area contributed by atoms with E-state index in [0.717, 1.165) is 75.8 Å². The van der Waals surface area contributed by atoms with Gasteiger partial charge in [0.1, 0.15) is 12.1 Å². The fraction of sp³-hybridized carbons (Fsp3) is 0.511. The van der Waals surface area contributed by atoms with Crippen molar-refractivity contribution >= 4 is 23.9 Å². The Morgan fingerprint density at radius 1 is 0.818 bits per heavy atom. The maximum absolute atomic E-state index is 12.8. The van der Waals surface area contributed by atoms with Gasteiger partial charge < -0.3 is 30.5 Å². The summed E-state index contributed by atoms with van der Waals surface area (Å²) in [5, 5.41) is 24.3. The summed E-state index contributed by atoms with van der Waals surface area (Å²) in [5.74, 6) is -1.22. The number of rotatable bonds is 29. The van der Waals surface area contributed by atoms with E-state index in [1.54, 1.807) is 12.3 Å². The summed E-state index contributed by atoms with van der Waals surface area (Å²) in [6.07, 6.45) is 40.8. The molecule has 1 fully saturated rings. The number of hydrogen-bond donors (Lipinski definition) is 4. The molecular weight excluding hydrogens is 693 g/mol. The first-order valence-corrected chi connectivity index (χ1v) is 20.2. The molecule has 0 bridgehead atoms. The number of carbonyl (C=O) groups is 3. The first-order chi connectivity index (χ1) is 26.9. The van der Waals surface area contributed by atoms with Crippen LogP contribution < -0.4 is 10.6 Å². The highest BCUT2D eigenvalue weighted by molar-refractivity contribution is 5.85. The lowest BCUT2D eigenvalue weighted by molar-refractivity contribution is -0.157. The fourth-order valence-corrected chi connectivity index (χ4v) is 5.62. The predicted octanol–water partition coefficient (Wildman–Crippen LogP) is 6.88. The molecule has 4 N–H and O–H groups in total. The van der Waals surface area contributed by atoms with Crippen LogP contribution in [-0.2, 0) is 25.5 Å². The van der Waals surface area contributed by atoms with Gasteiger partial charge in [0.25, 0.3) is 0 Å². The Hall–Kier alpha value is -4.38. The number of aromatic nitrogens is 1. The van der Waals surface area contributed by atoms with Crippen molar-refractivity contribution in [1.29, 1.82) is 0 Å². The van der Waals surface area contributed by atoms with Gasteiger partial charge in [0.15, 0.2) is 0 Å². The Bertz CT molecular complexity index is 1400. The molecule has 0 aliphatic carbocycles. The molecule has 1 saturated heterocycles. The van der Waals surface area contributed by atoms with Crippen LogP contribution in [0.2, 0.25) is 0 Å². The summed E-state index contributed by atoms with van der Waals surface area (Å²) in [5.41, 5.74) is 1.91. The summed E-state index contributed by atoms with van der Waals surface area (Å²) in [6.45, 7) is 4.73. The Balaban J connectivity index is 1.63. The molecule has 2 rings (SSSR count). The highest BCUT2D eigenvalue weighted by Gasteiger charge is 2.24. The maximum atomic E-state index is 12.8. The average molecular weight is 759 g/mol. The van der Waals surface area contributed by atoms with Crippen LogP contribution in [0.25, 0.3) is 6.08 Å². The van der Waals surface area contributed by atoms with E-state index < -0.39 is 31.3 Å². The largest absolute Gasteiger partial charge is 0.456 e. The van der Waals surface area contributed by atoms with Gasteiger partial charge in [-0.2, -0.15) is 0 Å². The first kappa shape index (κ1) is 46.8. The zero-order chi connectivity index (χ0) is 39.6. The van der Waals surface area contributed by atoms with Crippen molar-refractivity contribution in [2.24, 2.45) is 0 Å². The van der Waals surface area contributed by atoms with Crippen LogP contribution >= 0.6 is 0 Å². The Kier molecular flexibility index (Phi) is 27.1. The highest BCUT2D eigenvalue weighted by atomic mass is 16.6. The predicted molar refractivity (Wildman–Crippen MR) is 223 cm³/mol. The molecular formula is C45H66N4O6. The number of esters is 1. The van der Waals surface area contributed by atoms with Crippen LogP contribution in [0.4, 0.5) is 0 Å². The highest BCUT2D eigenvalue weighted by Crippen LogP contribution is 2.10. The molecule has 10 heteroatoms. The van der Waals surface area contributed by atoms with Crippen LogP contribution in [0, 0.1) is 0 Å². The number of aliphatic hydroxyl groups excluding tert-OH is 2. The van der Waals surface area contributed by atoms with Gasteiger partial charge in [-0.3, -0.25) is 14.6 Å². The number of carbonyl (C=O) groups excluding carboxylic acids is 3. The molecule has 302 valence electrons. The molecule has 1 aliphatic heterocycles. The molecule has 2 heterocycles. The second kappa shape index (κ2) is 31.9. The SMILES string of the molecule is CCC=CCC=CCC=CCC=CCC=CCC=CCCC(=O)NCCCC(NC(=O)CC=Cc1ccc(CCN2CCCC2)nc1)C(=O)OC(CO)CO. The summed E-state index contributed by atoms with van der Waals surface area (Å²) in [7, 11) is 0. The number of amides is 2. The topological polar surface area (TPSA) is 141 Å². The van der Waals surface area contributed by atoms with Crippen molar-refractivity contribution in [3.8, 4) is 0 Å². The van der Waals surface area contributed by atoms with Crippen LogP contribution in [0.3, 0.4) is 0 Å². The quantitative estimate of drug-likeness (QED) is 0.0394.